The summed E-state index contributed by atoms with van der Waals surface area (Å²) in [6.45, 7) is 1.38. The molecule has 2 N–H and O–H groups in total. The number of hydrogen-bond donors (Lipinski definition) is 2. The van der Waals surface area contributed by atoms with Crippen LogP contribution >= 0.6 is 0 Å². The van der Waals surface area contributed by atoms with Crippen molar-refractivity contribution in [3.05, 3.63) is 35.9 Å². The average Bonchev–Trinajstić information content (AvgIpc) is 2.17. The van der Waals surface area contributed by atoms with E-state index in [1.807, 2.05) is 30.3 Å². The van der Waals surface area contributed by atoms with Crippen molar-refractivity contribution in [1.29, 1.82) is 0 Å². The van der Waals surface area contributed by atoms with Crippen molar-refractivity contribution in [3.8, 4) is 0 Å². The number of ketones is 1. The Morgan fingerprint density at radius 1 is 1.33 bits per heavy atom. The first-order valence-corrected chi connectivity index (χ1v) is 4.63. The summed E-state index contributed by atoms with van der Waals surface area (Å²) in [6, 6.07) is 8.64. The number of carbonyl (C=O) groups is 2. The van der Waals surface area contributed by atoms with E-state index in [1.165, 1.54) is 6.92 Å². The third-order valence-electron chi connectivity index (χ3n) is 2.07. The van der Waals surface area contributed by atoms with Crippen LogP contribution in [0.2, 0.25) is 0 Å². The zero-order chi connectivity index (χ0) is 11.3. The van der Waals surface area contributed by atoms with E-state index in [1.54, 1.807) is 0 Å². The Hall–Kier alpha value is -1.84. The van der Waals surface area contributed by atoms with Crippen molar-refractivity contribution in [2.45, 2.75) is 19.4 Å². The molecule has 1 aromatic rings. The SMILES string of the molecule is CC(=O)[C@@H](Cc1ccccc1)NC(=O)O. The highest BCUT2D eigenvalue weighted by Gasteiger charge is 2.16. The molecule has 0 aliphatic rings. The first-order chi connectivity index (χ1) is 7.09. The number of hydrogen-bond acceptors (Lipinski definition) is 2. The topological polar surface area (TPSA) is 66.4 Å². The lowest BCUT2D eigenvalue weighted by atomic mass is 10.0. The van der Waals surface area contributed by atoms with Crippen LogP contribution in [-0.4, -0.2) is 23.0 Å². The molecule has 1 atom stereocenters. The second kappa shape index (κ2) is 5.14. The Morgan fingerprint density at radius 3 is 2.40 bits per heavy atom. The Morgan fingerprint density at radius 2 is 1.93 bits per heavy atom. The normalized spacial score (nSPS) is 11.8. The van der Waals surface area contributed by atoms with E-state index in [9.17, 15) is 9.59 Å². The minimum Gasteiger partial charge on any atom is -0.465 e. The van der Waals surface area contributed by atoms with Gasteiger partial charge >= 0.3 is 6.09 Å². The highest BCUT2D eigenvalue weighted by Crippen LogP contribution is 2.03. The van der Waals surface area contributed by atoms with Crippen molar-refractivity contribution < 1.29 is 14.7 Å². The quantitative estimate of drug-likeness (QED) is 0.785. The second-order valence-electron chi connectivity index (χ2n) is 3.30. The lowest BCUT2D eigenvalue weighted by Crippen LogP contribution is -2.40. The van der Waals surface area contributed by atoms with Gasteiger partial charge in [-0.25, -0.2) is 4.79 Å². The summed E-state index contributed by atoms with van der Waals surface area (Å²) in [5, 5.41) is 10.7. The van der Waals surface area contributed by atoms with Gasteiger partial charge in [-0.05, 0) is 18.9 Å². The smallest absolute Gasteiger partial charge is 0.405 e. The highest BCUT2D eigenvalue weighted by atomic mass is 16.4. The number of Topliss-reactive ketones (excluding diaryl/α,β-unsaturated/α-hetero) is 1. The molecule has 0 fully saturated rings. The van der Waals surface area contributed by atoms with Gasteiger partial charge in [0.1, 0.15) is 0 Å². The van der Waals surface area contributed by atoms with Crippen LogP contribution in [0.15, 0.2) is 30.3 Å². The van der Waals surface area contributed by atoms with E-state index in [4.69, 9.17) is 5.11 Å². The first-order valence-electron chi connectivity index (χ1n) is 4.63. The van der Waals surface area contributed by atoms with Crippen molar-refractivity contribution >= 4 is 11.9 Å². The summed E-state index contributed by atoms with van der Waals surface area (Å²) in [7, 11) is 0. The largest absolute Gasteiger partial charge is 0.465 e. The summed E-state index contributed by atoms with van der Waals surface area (Å²) in [6.07, 6.45) is -0.784. The van der Waals surface area contributed by atoms with E-state index < -0.39 is 12.1 Å². The van der Waals surface area contributed by atoms with Crippen LogP contribution in [0.4, 0.5) is 4.79 Å². The number of carboxylic acid groups (broad SMARTS) is 1. The van der Waals surface area contributed by atoms with Gasteiger partial charge in [-0.15, -0.1) is 0 Å². The van der Waals surface area contributed by atoms with Crippen LogP contribution in [0.25, 0.3) is 0 Å². The maximum Gasteiger partial charge on any atom is 0.405 e. The Labute approximate surface area is 87.9 Å². The predicted molar refractivity (Wildman–Crippen MR) is 55.8 cm³/mol. The molecular formula is C11H13NO3. The molecule has 4 nitrogen and oxygen atoms in total. The van der Waals surface area contributed by atoms with Gasteiger partial charge < -0.3 is 10.4 Å². The van der Waals surface area contributed by atoms with Crippen LogP contribution < -0.4 is 5.32 Å². The van der Waals surface area contributed by atoms with E-state index in [-0.39, 0.29) is 5.78 Å². The molecule has 0 unspecified atom stereocenters. The lowest BCUT2D eigenvalue weighted by molar-refractivity contribution is -0.118. The molecule has 0 bridgehead atoms. The maximum atomic E-state index is 11.2. The standard InChI is InChI=1S/C11H13NO3/c1-8(13)10(12-11(14)15)7-9-5-3-2-4-6-9/h2-6,10,12H,7H2,1H3,(H,14,15)/t10-/m1/s1. The zero-order valence-corrected chi connectivity index (χ0v) is 8.43. The minimum atomic E-state index is -1.17. The minimum absolute atomic E-state index is 0.179. The van der Waals surface area contributed by atoms with Gasteiger partial charge in [0.25, 0.3) is 0 Å². The molecule has 1 aromatic carbocycles. The van der Waals surface area contributed by atoms with Crippen LogP contribution in [0, 0.1) is 0 Å². The van der Waals surface area contributed by atoms with Gasteiger partial charge in [-0.2, -0.15) is 0 Å². The third-order valence-corrected chi connectivity index (χ3v) is 2.07. The van der Waals surface area contributed by atoms with E-state index in [0.717, 1.165) is 5.56 Å². The molecule has 0 saturated carbocycles. The Kier molecular flexibility index (Phi) is 3.85. The Bertz CT molecular complexity index is 348. The number of benzene rings is 1. The maximum absolute atomic E-state index is 11.2. The second-order valence-corrected chi connectivity index (χ2v) is 3.30. The molecule has 80 valence electrons. The summed E-state index contributed by atoms with van der Waals surface area (Å²) in [5.41, 5.74) is 0.937. The van der Waals surface area contributed by atoms with E-state index in [0.29, 0.717) is 6.42 Å². The van der Waals surface area contributed by atoms with Gasteiger partial charge in [0.2, 0.25) is 0 Å². The summed E-state index contributed by atoms with van der Waals surface area (Å²) in [5.74, 6) is -0.179. The molecule has 0 aliphatic heterocycles. The van der Waals surface area contributed by atoms with Crippen molar-refractivity contribution in [1.82, 2.24) is 5.32 Å². The van der Waals surface area contributed by atoms with Gasteiger partial charge in [0.05, 0.1) is 6.04 Å². The van der Waals surface area contributed by atoms with Crippen molar-refractivity contribution in [2.24, 2.45) is 0 Å². The summed E-state index contributed by atoms with van der Waals surface area (Å²) in [4.78, 5) is 21.6. The van der Waals surface area contributed by atoms with Gasteiger partial charge in [-0.1, -0.05) is 30.3 Å². The third kappa shape index (κ3) is 3.81. The van der Waals surface area contributed by atoms with Crippen molar-refractivity contribution in [3.63, 3.8) is 0 Å². The van der Waals surface area contributed by atoms with Crippen LogP contribution in [0.3, 0.4) is 0 Å². The molecule has 4 heteroatoms. The molecule has 15 heavy (non-hydrogen) atoms. The number of amides is 1. The highest BCUT2D eigenvalue weighted by molar-refractivity contribution is 5.85. The fourth-order valence-corrected chi connectivity index (χ4v) is 1.30. The van der Waals surface area contributed by atoms with Gasteiger partial charge in [0, 0.05) is 0 Å². The molecule has 0 aliphatic carbocycles. The van der Waals surface area contributed by atoms with E-state index >= 15 is 0 Å². The number of carbonyl (C=O) groups excluding carboxylic acids is 1. The monoisotopic (exact) mass is 207 g/mol. The fraction of sp³-hybridized carbons (Fsp3) is 0.273. The molecule has 0 radical (unpaired) electrons. The number of rotatable bonds is 4. The lowest BCUT2D eigenvalue weighted by Gasteiger charge is -2.13. The van der Waals surface area contributed by atoms with Crippen LogP contribution in [0.1, 0.15) is 12.5 Å². The Balaban J connectivity index is 2.67. The predicted octanol–water partition coefficient (Wildman–Crippen LogP) is 1.45. The summed E-state index contributed by atoms with van der Waals surface area (Å²) < 4.78 is 0. The fourth-order valence-electron chi connectivity index (χ4n) is 1.30. The van der Waals surface area contributed by atoms with Crippen LogP contribution in [0.5, 0.6) is 0 Å². The van der Waals surface area contributed by atoms with Gasteiger partial charge in [-0.3, -0.25) is 4.79 Å². The molecule has 1 rings (SSSR count). The molecule has 0 spiro atoms. The average molecular weight is 207 g/mol. The van der Waals surface area contributed by atoms with Crippen molar-refractivity contribution in [2.75, 3.05) is 0 Å². The van der Waals surface area contributed by atoms with E-state index in [2.05, 4.69) is 5.32 Å². The van der Waals surface area contributed by atoms with Crippen LogP contribution in [-0.2, 0) is 11.2 Å². The molecule has 0 heterocycles. The number of nitrogens with one attached hydrogen (secondary N) is 1. The first kappa shape index (κ1) is 11.2. The molecule has 0 aromatic heterocycles. The zero-order valence-electron chi connectivity index (χ0n) is 8.43. The molecular weight excluding hydrogens is 194 g/mol. The summed E-state index contributed by atoms with van der Waals surface area (Å²) >= 11 is 0. The van der Waals surface area contributed by atoms with Gasteiger partial charge in [0.15, 0.2) is 5.78 Å². The molecule has 1 amide bonds. The molecule has 0 saturated heterocycles.